The first-order chi connectivity index (χ1) is 7.99. The molecule has 5 heteroatoms. The second kappa shape index (κ2) is 6.91. The summed E-state index contributed by atoms with van der Waals surface area (Å²) in [6, 6.07) is 1.39. The van der Waals surface area contributed by atoms with E-state index in [2.05, 4.69) is 26.2 Å². The molecule has 1 aromatic rings. The summed E-state index contributed by atoms with van der Waals surface area (Å²) in [5.41, 5.74) is 0. The first kappa shape index (κ1) is 14.4. The van der Waals surface area contributed by atoms with Crippen LogP contribution in [-0.2, 0) is 4.74 Å². The summed E-state index contributed by atoms with van der Waals surface area (Å²) >= 11 is 3.16. The molecule has 1 heterocycles. The minimum atomic E-state index is -0.350. The monoisotopic (exact) mass is 304 g/mol. The number of hydrogen-bond acceptors (Lipinski definition) is 3. The van der Waals surface area contributed by atoms with Gasteiger partial charge in [-0.1, -0.05) is 0 Å². The van der Waals surface area contributed by atoms with Gasteiger partial charge < -0.3 is 10.1 Å². The molecule has 96 valence electrons. The summed E-state index contributed by atoms with van der Waals surface area (Å²) in [4.78, 5) is 3.96. The highest BCUT2D eigenvalue weighted by atomic mass is 79.9. The van der Waals surface area contributed by atoms with Crippen LogP contribution in [0.4, 0.5) is 10.2 Å². The summed E-state index contributed by atoms with van der Waals surface area (Å²) in [7, 11) is 0. The summed E-state index contributed by atoms with van der Waals surface area (Å²) in [5.74, 6) is -0.0678. The van der Waals surface area contributed by atoms with Gasteiger partial charge in [0.25, 0.3) is 0 Å². The Balaban J connectivity index is 2.35. The quantitative estimate of drug-likeness (QED) is 0.872. The smallest absolute Gasteiger partial charge is 0.166 e. The molecule has 0 aliphatic carbocycles. The van der Waals surface area contributed by atoms with Crippen molar-refractivity contribution >= 4 is 21.7 Å². The van der Waals surface area contributed by atoms with Crippen molar-refractivity contribution in [3.8, 4) is 0 Å². The standard InChI is InChI=1S/C12H18BrFN2O/c1-8(2)17-9(3)4-5-15-12-11(14)6-10(13)7-16-12/h6-9H,4-5H2,1-3H3,(H,15,16). The number of nitrogens with one attached hydrogen (secondary N) is 1. The Morgan fingerprint density at radius 1 is 1.47 bits per heavy atom. The van der Waals surface area contributed by atoms with Crippen molar-refractivity contribution in [2.24, 2.45) is 0 Å². The van der Waals surface area contributed by atoms with Crippen molar-refractivity contribution in [3.63, 3.8) is 0 Å². The molecule has 1 rings (SSSR count). The lowest BCUT2D eigenvalue weighted by atomic mass is 10.2. The van der Waals surface area contributed by atoms with Gasteiger partial charge in [-0.25, -0.2) is 9.37 Å². The first-order valence-electron chi connectivity index (χ1n) is 5.69. The molecule has 0 saturated heterocycles. The average molecular weight is 305 g/mol. The fourth-order valence-corrected chi connectivity index (χ4v) is 1.77. The van der Waals surface area contributed by atoms with Crippen LogP contribution in [0.3, 0.4) is 0 Å². The molecule has 0 saturated carbocycles. The van der Waals surface area contributed by atoms with Gasteiger partial charge in [0.05, 0.1) is 12.2 Å². The molecular formula is C12H18BrFN2O. The van der Waals surface area contributed by atoms with Crippen molar-refractivity contribution < 1.29 is 9.13 Å². The van der Waals surface area contributed by atoms with Gasteiger partial charge in [-0.3, -0.25) is 0 Å². The molecule has 0 aromatic carbocycles. The van der Waals surface area contributed by atoms with E-state index in [0.29, 0.717) is 11.0 Å². The van der Waals surface area contributed by atoms with E-state index in [4.69, 9.17) is 4.74 Å². The van der Waals surface area contributed by atoms with Crippen LogP contribution in [0.25, 0.3) is 0 Å². The molecule has 0 fully saturated rings. The molecule has 0 spiro atoms. The predicted octanol–water partition coefficient (Wildman–Crippen LogP) is 3.60. The molecule has 1 N–H and O–H groups in total. The van der Waals surface area contributed by atoms with Crippen LogP contribution >= 0.6 is 15.9 Å². The van der Waals surface area contributed by atoms with Crippen LogP contribution in [0.15, 0.2) is 16.7 Å². The van der Waals surface area contributed by atoms with E-state index < -0.39 is 0 Å². The average Bonchev–Trinajstić information content (AvgIpc) is 2.20. The number of rotatable bonds is 6. The minimum Gasteiger partial charge on any atom is -0.376 e. The SMILES string of the molecule is CC(C)OC(C)CCNc1ncc(Br)cc1F. The number of aromatic nitrogens is 1. The van der Waals surface area contributed by atoms with E-state index in [1.54, 1.807) is 6.20 Å². The first-order valence-corrected chi connectivity index (χ1v) is 6.48. The van der Waals surface area contributed by atoms with Crippen LogP contribution in [0, 0.1) is 5.82 Å². The van der Waals surface area contributed by atoms with Crippen molar-refractivity contribution in [3.05, 3.63) is 22.6 Å². The van der Waals surface area contributed by atoms with E-state index >= 15 is 0 Å². The maximum Gasteiger partial charge on any atom is 0.166 e. The van der Waals surface area contributed by atoms with Crippen molar-refractivity contribution in [2.45, 2.75) is 39.4 Å². The topological polar surface area (TPSA) is 34.1 Å². The highest BCUT2D eigenvalue weighted by molar-refractivity contribution is 9.10. The van der Waals surface area contributed by atoms with Gasteiger partial charge in [0.15, 0.2) is 11.6 Å². The normalized spacial score (nSPS) is 12.8. The minimum absolute atomic E-state index is 0.154. The largest absolute Gasteiger partial charge is 0.376 e. The Labute approximate surface area is 110 Å². The van der Waals surface area contributed by atoms with Gasteiger partial charge in [-0.05, 0) is 49.2 Å². The molecule has 0 aliphatic rings. The molecule has 1 aromatic heterocycles. The van der Waals surface area contributed by atoms with Crippen molar-refractivity contribution in [1.29, 1.82) is 0 Å². The molecule has 0 radical (unpaired) electrons. The van der Waals surface area contributed by atoms with E-state index in [1.165, 1.54) is 6.07 Å². The van der Waals surface area contributed by atoms with Crippen LogP contribution in [-0.4, -0.2) is 23.7 Å². The maximum absolute atomic E-state index is 13.4. The zero-order valence-corrected chi connectivity index (χ0v) is 11.9. The lowest BCUT2D eigenvalue weighted by molar-refractivity contribution is 0.0164. The van der Waals surface area contributed by atoms with Gasteiger partial charge in [0, 0.05) is 17.2 Å². The van der Waals surface area contributed by atoms with Crippen molar-refractivity contribution in [1.82, 2.24) is 4.98 Å². The lowest BCUT2D eigenvalue weighted by Gasteiger charge is -2.16. The molecule has 17 heavy (non-hydrogen) atoms. The third-order valence-corrected chi connectivity index (χ3v) is 2.59. The second-order valence-corrected chi connectivity index (χ2v) is 5.11. The van der Waals surface area contributed by atoms with E-state index in [1.807, 2.05) is 20.8 Å². The molecule has 3 nitrogen and oxygen atoms in total. The van der Waals surface area contributed by atoms with E-state index in [-0.39, 0.29) is 23.8 Å². The highest BCUT2D eigenvalue weighted by Crippen LogP contribution is 2.16. The van der Waals surface area contributed by atoms with Crippen LogP contribution in [0.5, 0.6) is 0 Å². The zero-order chi connectivity index (χ0) is 12.8. The van der Waals surface area contributed by atoms with Crippen LogP contribution < -0.4 is 5.32 Å². The summed E-state index contributed by atoms with van der Waals surface area (Å²) in [6.07, 6.45) is 2.75. The van der Waals surface area contributed by atoms with Crippen LogP contribution in [0.1, 0.15) is 27.2 Å². The van der Waals surface area contributed by atoms with E-state index in [9.17, 15) is 4.39 Å². The lowest BCUT2D eigenvalue weighted by Crippen LogP contribution is -2.18. The number of halogens is 2. The zero-order valence-electron chi connectivity index (χ0n) is 10.3. The maximum atomic E-state index is 13.4. The van der Waals surface area contributed by atoms with Crippen molar-refractivity contribution in [2.75, 3.05) is 11.9 Å². The number of nitrogens with zero attached hydrogens (tertiary/aromatic N) is 1. The fourth-order valence-electron chi connectivity index (χ4n) is 1.47. The summed E-state index contributed by atoms with van der Waals surface area (Å²) in [6.45, 7) is 6.65. The molecule has 0 amide bonds. The number of pyridine rings is 1. The van der Waals surface area contributed by atoms with Gasteiger partial charge in [0.1, 0.15) is 0 Å². The third-order valence-electron chi connectivity index (χ3n) is 2.16. The Hall–Kier alpha value is -0.680. The molecular weight excluding hydrogens is 287 g/mol. The van der Waals surface area contributed by atoms with E-state index in [0.717, 1.165) is 6.42 Å². The molecule has 0 bridgehead atoms. The molecule has 1 unspecified atom stereocenters. The predicted molar refractivity (Wildman–Crippen MR) is 70.7 cm³/mol. The number of ether oxygens (including phenoxy) is 1. The second-order valence-electron chi connectivity index (χ2n) is 4.19. The summed E-state index contributed by atoms with van der Waals surface area (Å²) in [5, 5.41) is 2.96. The Kier molecular flexibility index (Phi) is 5.85. The van der Waals surface area contributed by atoms with Gasteiger partial charge >= 0.3 is 0 Å². The fraction of sp³-hybridized carbons (Fsp3) is 0.583. The van der Waals surface area contributed by atoms with Gasteiger partial charge in [-0.2, -0.15) is 0 Å². The Morgan fingerprint density at radius 2 is 2.18 bits per heavy atom. The highest BCUT2D eigenvalue weighted by Gasteiger charge is 2.07. The number of hydrogen-bond donors (Lipinski definition) is 1. The molecule has 1 atom stereocenters. The Bertz CT molecular complexity index is 360. The molecule has 0 aliphatic heterocycles. The number of anilines is 1. The third kappa shape index (κ3) is 5.46. The van der Waals surface area contributed by atoms with Gasteiger partial charge in [-0.15, -0.1) is 0 Å². The van der Waals surface area contributed by atoms with Crippen LogP contribution in [0.2, 0.25) is 0 Å². The van der Waals surface area contributed by atoms with Gasteiger partial charge in [0.2, 0.25) is 0 Å². The Morgan fingerprint density at radius 3 is 2.76 bits per heavy atom. The summed E-state index contributed by atoms with van der Waals surface area (Å²) < 4.78 is 19.6.